The zero-order valence-corrected chi connectivity index (χ0v) is 16.9. The molecule has 3 rings (SSSR count). The molecule has 0 bridgehead atoms. The molecule has 3 aromatic carbocycles. The van der Waals surface area contributed by atoms with Crippen molar-refractivity contribution in [3.8, 4) is 0 Å². The van der Waals surface area contributed by atoms with Gasteiger partial charge in [-0.15, -0.1) is 0 Å². The Morgan fingerprint density at radius 1 is 0.833 bits per heavy atom. The van der Waals surface area contributed by atoms with Gasteiger partial charge in [0, 0.05) is 16.8 Å². The molecule has 1 amide bonds. The third kappa shape index (κ3) is 5.00. The van der Waals surface area contributed by atoms with Crippen molar-refractivity contribution in [3.05, 3.63) is 101 Å². The summed E-state index contributed by atoms with van der Waals surface area (Å²) in [4.78, 5) is 37.9. The molecule has 1 atom stereocenters. The van der Waals surface area contributed by atoms with Crippen molar-refractivity contribution < 1.29 is 19.1 Å². The number of aryl methyl sites for hydroxylation is 1. The van der Waals surface area contributed by atoms with Crippen molar-refractivity contribution in [1.29, 1.82) is 0 Å². The quantitative estimate of drug-likeness (QED) is 0.461. The Morgan fingerprint density at radius 2 is 1.43 bits per heavy atom. The van der Waals surface area contributed by atoms with Crippen LogP contribution in [0.4, 0.5) is 5.69 Å². The van der Waals surface area contributed by atoms with Gasteiger partial charge in [-0.3, -0.25) is 9.59 Å². The average molecular weight is 401 g/mol. The topological polar surface area (TPSA) is 72.5 Å². The van der Waals surface area contributed by atoms with Crippen LogP contribution in [0.3, 0.4) is 0 Å². The minimum atomic E-state index is -1.02. The van der Waals surface area contributed by atoms with Gasteiger partial charge >= 0.3 is 5.97 Å². The number of anilines is 1. The van der Waals surface area contributed by atoms with Gasteiger partial charge in [0.25, 0.3) is 5.91 Å². The first-order valence-corrected chi connectivity index (χ1v) is 9.79. The summed E-state index contributed by atoms with van der Waals surface area (Å²) in [5, 5.41) is 2.73. The van der Waals surface area contributed by atoms with Crippen molar-refractivity contribution in [2.75, 3.05) is 5.32 Å². The molecule has 0 aliphatic rings. The highest BCUT2D eigenvalue weighted by atomic mass is 16.5. The molecule has 5 nitrogen and oxygen atoms in total. The summed E-state index contributed by atoms with van der Waals surface area (Å²) in [6.07, 6.45) is -0.119. The van der Waals surface area contributed by atoms with Gasteiger partial charge < -0.3 is 10.1 Å². The molecule has 0 radical (unpaired) electrons. The van der Waals surface area contributed by atoms with Crippen molar-refractivity contribution in [1.82, 2.24) is 0 Å². The summed E-state index contributed by atoms with van der Waals surface area (Å²) >= 11 is 0. The van der Waals surface area contributed by atoms with Crippen LogP contribution in [0.5, 0.6) is 0 Å². The minimum absolute atomic E-state index is 0.123. The number of hydrogen-bond acceptors (Lipinski definition) is 4. The lowest BCUT2D eigenvalue weighted by Crippen LogP contribution is -2.30. The van der Waals surface area contributed by atoms with Crippen molar-refractivity contribution in [3.63, 3.8) is 0 Å². The molecule has 0 aromatic heterocycles. The fraction of sp³-hybridized carbons (Fsp3) is 0.160. The summed E-state index contributed by atoms with van der Waals surface area (Å²) in [7, 11) is 0. The lowest BCUT2D eigenvalue weighted by molar-refractivity contribution is -0.123. The standard InChI is InChI=1S/C25H23NO4/c1-3-18-13-15-20(16-14-18)26-24(28)17(2)30-25(29)22-12-8-7-11-21(22)23(27)19-9-5-4-6-10-19/h4-17H,3H2,1-2H3,(H,26,28)/t17-/m0/s1. The molecule has 0 spiro atoms. The second-order valence-electron chi connectivity index (χ2n) is 6.83. The molecule has 0 saturated carbocycles. The van der Waals surface area contributed by atoms with E-state index in [9.17, 15) is 14.4 Å². The monoisotopic (exact) mass is 401 g/mol. The van der Waals surface area contributed by atoms with Crippen LogP contribution in [0.15, 0.2) is 78.9 Å². The Bertz CT molecular complexity index is 1040. The summed E-state index contributed by atoms with van der Waals surface area (Å²) < 4.78 is 5.34. The predicted molar refractivity (Wildman–Crippen MR) is 116 cm³/mol. The van der Waals surface area contributed by atoms with E-state index in [-0.39, 0.29) is 16.9 Å². The van der Waals surface area contributed by atoms with E-state index in [2.05, 4.69) is 12.2 Å². The first-order chi connectivity index (χ1) is 14.5. The van der Waals surface area contributed by atoms with Gasteiger partial charge in [-0.05, 0) is 37.1 Å². The van der Waals surface area contributed by atoms with Gasteiger partial charge in [0.05, 0.1) is 5.56 Å². The van der Waals surface area contributed by atoms with E-state index < -0.39 is 18.0 Å². The molecule has 3 aromatic rings. The summed E-state index contributed by atoms with van der Waals surface area (Å²) in [6.45, 7) is 3.55. The van der Waals surface area contributed by atoms with E-state index in [0.717, 1.165) is 12.0 Å². The Hall–Kier alpha value is -3.73. The van der Waals surface area contributed by atoms with Crippen molar-refractivity contribution in [2.45, 2.75) is 26.4 Å². The maximum absolute atomic E-state index is 12.8. The van der Waals surface area contributed by atoms with Crippen LogP contribution >= 0.6 is 0 Å². The predicted octanol–water partition coefficient (Wildman–Crippen LogP) is 4.66. The molecule has 0 aliphatic carbocycles. The number of carbonyl (C=O) groups excluding carboxylic acids is 3. The molecule has 0 fully saturated rings. The average Bonchev–Trinajstić information content (AvgIpc) is 2.79. The first kappa shape index (κ1) is 21.0. The maximum Gasteiger partial charge on any atom is 0.339 e. The van der Waals surface area contributed by atoms with Crippen LogP contribution in [0.1, 0.15) is 45.7 Å². The van der Waals surface area contributed by atoms with Gasteiger partial charge in [-0.2, -0.15) is 0 Å². The third-order valence-corrected chi connectivity index (χ3v) is 4.71. The lowest BCUT2D eigenvalue weighted by Gasteiger charge is -2.15. The van der Waals surface area contributed by atoms with Gasteiger partial charge in [-0.25, -0.2) is 4.79 Å². The SMILES string of the molecule is CCc1ccc(NC(=O)[C@H](C)OC(=O)c2ccccc2C(=O)c2ccccc2)cc1. The number of benzene rings is 3. The molecule has 0 aliphatic heterocycles. The second-order valence-corrected chi connectivity index (χ2v) is 6.83. The summed E-state index contributed by atoms with van der Waals surface area (Å²) in [6, 6.07) is 22.6. The van der Waals surface area contributed by atoms with Crippen molar-refractivity contribution in [2.24, 2.45) is 0 Å². The smallest absolute Gasteiger partial charge is 0.339 e. The Balaban J connectivity index is 1.71. The molecule has 0 unspecified atom stereocenters. The van der Waals surface area contributed by atoms with Crippen LogP contribution in [0, 0.1) is 0 Å². The normalized spacial score (nSPS) is 11.4. The number of esters is 1. The summed E-state index contributed by atoms with van der Waals surface area (Å²) in [5.41, 5.74) is 2.61. The number of ether oxygens (including phenoxy) is 1. The van der Waals surface area contributed by atoms with E-state index in [1.807, 2.05) is 18.2 Å². The number of amides is 1. The molecular formula is C25H23NO4. The highest BCUT2D eigenvalue weighted by Crippen LogP contribution is 2.17. The fourth-order valence-electron chi connectivity index (χ4n) is 2.95. The van der Waals surface area contributed by atoms with Gasteiger partial charge in [-0.1, -0.05) is 67.6 Å². The molecule has 5 heteroatoms. The van der Waals surface area contributed by atoms with E-state index in [1.54, 1.807) is 54.6 Å². The van der Waals surface area contributed by atoms with Crippen LogP contribution in [-0.2, 0) is 16.0 Å². The molecular weight excluding hydrogens is 378 g/mol. The van der Waals surface area contributed by atoms with Gasteiger partial charge in [0.2, 0.25) is 0 Å². The number of ketones is 1. The maximum atomic E-state index is 12.8. The number of rotatable bonds is 7. The molecule has 0 heterocycles. The van der Waals surface area contributed by atoms with Crippen LogP contribution in [-0.4, -0.2) is 23.8 Å². The number of hydrogen-bond donors (Lipinski definition) is 1. The van der Waals surface area contributed by atoms with Crippen molar-refractivity contribution >= 4 is 23.3 Å². The van der Waals surface area contributed by atoms with E-state index in [1.165, 1.54) is 13.0 Å². The fourth-order valence-corrected chi connectivity index (χ4v) is 2.95. The first-order valence-electron chi connectivity index (χ1n) is 9.79. The Labute approximate surface area is 175 Å². The van der Waals surface area contributed by atoms with E-state index in [4.69, 9.17) is 4.74 Å². The zero-order chi connectivity index (χ0) is 21.5. The number of carbonyl (C=O) groups is 3. The molecule has 30 heavy (non-hydrogen) atoms. The number of nitrogens with one attached hydrogen (secondary N) is 1. The van der Waals surface area contributed by atoms with E-state index in [0.29, 0.717) is 11.3 Å². The minimum Gasteiger partial charge on any atom is -0.449 e. The van der Waals surface area contributed by atoms with Gasteiger partial charge in [0.15, 0.2) is 11.9 Å². The largest absolute Gasteiger partial charge is 0.449 e. The molecule has 1 N–H and O–H groups in total. The Morgan fingerprint density at radius 3 is 2.07 bits per heavy atom. The van der Waals surface area contributed by atoms with Gasteiger partial charge in [0.1, 0.15) is 0 Å². The highest BCUT2D eigenvalue weighted by molar-refractivity contribution is 6.14. The Kier molecular flexibility index (Phi) is 6.75. The molecule has 0 saturated heterocycles. The third-order valence-electron chi connectivity index (χ3n) is 4.71. The highest BCUT2D eigenvalue weighted by Gasteiger charge is 2.23. The van der Waals surface area contributed by atoms with Crippen LogP contribution < -0.4 is 5.32 Å². The second kappa shape index (κ2) is 9.65. The summed E-state index contributed by atoms with van der Waals surface area (Å²) in [5.74, 6) is -1.45. The van der Waals surface area contributed by atoms with Crippen LogP contribution in [0.2, 0.25) is 0 Å². The molecule has 152 valence electrons. The van der Waals surface area contributed by atoms with E-state index >= 15 is 0 Å². The van der Waals surface area contributed by atoms with Crippen LogP contribution in [0.25, 0.3) is 0 Å². The lowest BCUT2D eigenvalue weighted by atomic mass is 9.98. The zero-order valence-electron chi connectivity index (χ0n) is 16.9.